The van der Waals surface area contributed by atoms with E-state index in [1.165, 1.54) is 11.8 Å². The molecule has 0 fully saturated rings. The van der Waals surface area contributed by atoms with Crippen LogP contribution in [-0.4, -0.2) is 28.5 Å². The molecule has 4 nitrogen and oxygen atoms in total. The average molecular weight is 375 g/mol. The summed E-state index contributed by atoms with van der Waals surface area (Å²) in [7, 11) is 0. The maximum atomic E-state index is 13.1. The Morgan fingerprint density at radius 1 is 1.24 bits per heavy atom. The van der Waals surface area contributed by atoms with Crippen LogP contribution in [0.5, 0.6) is 0 Å². The van der Waals surface area contributed by atoms with Crippen LogP contribution in [0.1, 0.15) is 12.5 Å². The summed E-state index contributed by atoms with van der Waals surface area (Å²) < 4.78 is 7.07. The van der Waals surface area contributed by atoms with Crippen LogP contribution in [-0.2, 0) is 4.74 Å². The summed E-state index contributed by atoms with van der Waals surface area (Å²) in [4.78, 5) is 17.8. The van der Waals surface area contributed by atoms with Crippen LogP contribution < -0.4 is 5.56 Å². The molecule has 0 unspecified atom stereocenters. The van der Waals surface area contributed by atoms with Gasteiger partial charge in [0.2, 0.25) is 0 Å². The van der Waals surface area contributed by atoms with E-state index in [2.05, 4.69) is 4.98 Å². The minimum absolute atomic E-state index is 0.0915. The first-order chi connectivity index (χ1) is 12.1. The molecule has 0 atom stereocenters. The van der Waals surface area contributed by atoms with E-state index < -0.39 is 0 Å². The van der Waals surface area contributed by atoms with Crippen molar-refractivity contribution in [3.63, 3.8) is 0 Å². The van der Waals surface area contributed by atoms with Gasteiger partial charge in [0.05, 0.1) is 23.2 Å². The lowest BCUT2D eigenvalue weighted by Gasteiger charge is -2.14. The normalized spacial score (nSPS) is 11.2. The summed E-state index contributed by atoms with van der Waals surface area (Å²) >= 11 is 7.58. The van der Waals surface area contributed by atoms with E-state index in [4.69, 9.17) is 16.3 Å². The molecule has 0 radical (unpaired) electrons. The van der Waals surface area contributed by atoms with Crippen LogP contribution in [0.15, 0.2) is 52.4 Å². The van der Waals surface area contributed by atoms with Gasteiger partial charge in [-0.1, -0.05) is 35.5 Å². The molecule has 0 spiro atoms. The molecular weight excluding hydrogens is 356 g/mol. The number of aryl methyl sites for hydroxylation is 1. The molecule has 0 bridgehead atoms. The van der Waals surface area contributed by atoms with E-state index in [0.717, 1.165) is 17.0 Å². The van der Waals surface area contributed by atoms with Crippen molar-refractivity contribution >= 4 is 34.3 Å². The molecule has 0 saturated carbocycles. The van der Waals surface area contributed by atoms with E-state index in [0.29, 0.717) is 34.3 Å². The quantitative estimate of drug-likeness (QED) is 0.362. The van der Waals surface area contributed by atoms with E-state index in [-0.39, 0.29) is 5.56 Å². The van der Waals surface area contributed by atoms with Crippen molar-refractivity contribution in [3.8, 4) is 5.69 Å². The molecule has 1 heterocycles. The summed E-state index contributed by atoms with van der Waals surface area (Å²) in [5.41, 5.74) is 2.42. The molecule has 0 N–H and O–H groups in total. The maximum Gasteiger partial charge on any atom is 0.266 e. The zero-order valence-corrected chi connectivity index (χ0v) is 15.7. The van der Waals surface area contributed by atoms with Crippen LogP contribution >= 0.6 is 23.4 Å². The fraction of sp³-hybridized carbons (Fsp3) is 0.263. The Morgan fingerprint density at radius 2 is 2.08 bits per heavy atom. The molecule has 0 aliphatic carbocycles. The predicted octanol–water partition coefficient (Wildman–Crippen LogP) is 4.48. The van der Waals surface area contributed by atoms with Gasteiger partial charge >= 0.3 is 0 Å². The number of benzene rings is 2. The van der Waals surface area contributed by atoms with Gasteiger partial charge in [-0.15, -0.1) is 0 Å². The number of rotatable bonds is 6. The zero-order chi connectivity index (χ0) is 17.8. The summed E-state index contributed by atoms with van der Waals surface area (Å²) in [6.45, 7) is 5.25. The summed E-state index contributed by atoms with van der Waals surface area (Å²) in [6.07, 6.45) is 0. The smallest absolute Gasteiger partial charge is 0.266 e. The SMILES string of the molecule is CCOCCSc1nc2cc(Cl)ccc2c(=O)n1-c1cccc(C)c1. The van der Waals surface area contributed by atoms with Crippen molar-refractivity contribution in [1.82, 2.24) is 9.55 Å². The summed E-state index contributed by atoms with van der Waals surface area (Å²) in [5, 5.41) is 1.77. The summed E-state index contributed by atoms with van der Waals surface area (Å²) in [5.74, 6) is 0.720. The van der Waals surface area contributed by atoms with Crippen LogP contribution in [0.25, 0.3) is 16.6 Å². The number of nitrogens with zero attached hydrogens (tertiary/aromatic N) is 2. The maximum absolute atomic E-state index is 13.1. The first-order valence-electron chi connectivity index (χ1n) is 8.10. The Morgan fingerprint density at radius 3 is 2.84 bits per heavy atom. The molecule has 0 amide bonds. The van der Waals surface area contributed by atoms with Crippen molar-refractivity contribution in [2.45, 2.75) is 19.0 Å². The van der Waals surface area contributed by atoms with Crippen LogP contribution in [0.3, 0.4) is 0 Å². The third-order valence-electron chi connectivity index (χ3n) is 3.72. The number of hydrogen-bond donors (Lipinski definition) is 0. The molecule has 2 aromatic carbocycles. The van der Waals surface area contributed by atoms with Crippen molar-refractivity contribution in [3.05, 3.63) is 63.4 Å². The summed E-state index contributed by atoms with van der Waals surface area (Å²) in [6, 6.07) is 13.0. The Kier molecular flexibility index (Phi) is 5.78. The third-order valence-corrected chi connectivity index (χ3v) is 4.86. The van der Waals surface area contributed by atoms with E-state index in [1.54, 1.807) is 22.8 Å². The van der Waals surface area contributed by atoms with E-state index >= 15 is 0 Å². The number of aromatic nitrogens is 2. The van der Waals surface area contributed by atoms with Crippen LogP contribution in [0, 0.1) is 6.92 Å². The lowest BCUT2D eigenvalue weighted by molar-refractivity contribution is 0.164. The van der Waals surface area contributed by atoms with Crippen molar-refractivity contribution < 1.29 is 4.74 Å². The van der Waals surface area contributed by atoms with Crippen molar-refractivity contribution in [1.29, 1.82) is 0 Å². The number of ether oxygens (including phenoxy) is 1. The van der Waals surface area contributed by atoms with Crippen molar-refractivity contribution in [2.24, 2.45) is 0 Å². The monoisotopic (exact) mass is 374 g/mol. The van der Waals surface area contributed by atoms with Gasteiger partial charge in [-0.25, -0.2) is 4.98 Å². The minimum Gasteiger partial charge on any atom is -0.381 e. The van der Waals surface area contributed by atoms with Crippen LogP contribution in [0.4, 0.5) is 0 Å². The highest BCUT2D eigenvalue weighted by Crippen LogP contribution is 2.23. The third kappa shape index (κ3) is 4.06. The van der Waals surface area contributed by atoms with Gasteiger partial charge in [0, 0.05) is 17.4 Å². The van der Waals surface area contributed by atoms with Crippen LogP contribution in [0.2, 0.25) is 5.02 Å². The number of fused-ring (bicyclic) bond motifs is 1. The molecule has 25 heavy (non-hydrogen) atoms. The molecule has 1 aromatic heterocycles. The highest BCUT2D eigenvalue weighted by Gasteiger charge is 2.14. The Labute approximate surface area is 155 Å². The van der Waals surface area contributed by atoms with Gasteiger partial charge in [0.25, 0.3) is 5.56 Å². The number of thioether (sulfide) groups is 1. The molecule has 3 rings (SSSR count). The second kappa shape index (κ2) is 8.04. The molecule has 0 aliphatic heterocycles. The molecule has 130 valence electrons. The molecular formula is C19H19ClN2O2S. The Bertz CT molecular complexity index is 956. The fourth-order valence-corrected chi connectivity index (χ4v) is 3.60. The minimum atomic E-state index is -0.0915. The van der Waals surface area contributed by atoms with Gasteiger partial charge in [0.1, 0.15) is 0 Å². The Balaban J connectivity index is 2.15. The lowest BCUT2D eigenvalue weighted by Crippen LogP contribution is -2.22. The second-order valence-electron chi connectivity index (χ2n) is 5.58. The standard InChI is InChI=1S/C19H19ClN2O2S/c1-3-24-9-10-25-19-21-17-12-14(20)7-8-16(17)18(23)22(19)15-6-4-5-13(2)11-15/h4-8,11-12H,3,9-10H2,1-2H3. The highest BCUT2D eigenvalue weighted by atomic mass is 35.5. The zero-order valence-electron chi connectivity index (χ0n) is 14.2. The average Bonchev–Trinajstić information content (AvgIpc) is 2.58. The van der Waals surface area contributed by atoms with E-state index in [1.807, 2.05) is 38.1 Å². The lowest BCUT2D eigenvalue weighted by atomic mass is 10.2. The largest absolute Gasteiger partial charge is 0.381 e. The molecule has 6 heteroatoms. The number of halogens is 1. The fourth-order valence-electron chi connectivity index (χ4n) is 2.57. The van der Waals surface area contributed by atoms with Gasteiger partial charge < -0.3 is 4.74 Å². The van der Waals surface area contributed by atoms with Gasteiger partial charge in [0.15, 0.2) is 5.16 Å². The topological polar surface area (TPSA) is 44.1 Å². The first kappa shape index (κ1) is 18.0. The van der Waals surface area contributed by atoms with Gasteiger partial charge in [-0.2, -0.15) is 0 Å². The molecule has 0 saturated heterocycles. The number of hydrogen-bond acceptors (Lipinski definition) is 4. The second-order valence-corrected chi connectivity index (χ2v) is 7.08. The van der Waals surface area contributed by atoms with Gasteiger partial charge in [-0.05, 0) is 49.7 Å². The highest BCUT2D eigenvalue weighted by molar-refractivity contribution is 7.99. The molecule has 3 aromatic rings. The van der Waals surface area contributed by atoms with Crippen molar-refractivity contribution in [2.75, 3.05) is 19.0 Å². The van der Waals surface area contributed by atoms with E-state index in [9.17, 15) is 4.79 Å². The van der Waals surface area contributed by atoms with Gasteiger partial charge in [-0.3, -0.25) is 9.36 Å². The predicted molar refractivity (Wildman–Crippen MR) is 104 cm³/mol. The first-order valence-corrected chi connectivity index (χ1v) is 9.46. The molecule has 0 aliphatic rings. The Hall–Kier alpha value is -1.82.